The van der Waals surface area contributed by atoms with E-state index in [1.807, 2.05) is 37.3 Å². The van der Waals surface area contributed by atoms with Gasteiger partial charge in [-0.1, -0.05) is 24.3 Å². The van der Waals surface area contributed by atoms with Crippen LogP contribution in [0.1, 0.15) is 28.7 Å². The minimum atomic E-state index is -0.368. The Morgan fingerprint density at radius 3 is 2.74 bits per heavy atom. The monoisotopic (exact) mass is 454 g/mol. The lowest BCUT2D eigenvalue weighted by atomic mass is 9.97. The first kappa shape index (κ1) is 21.9. The zero-order valence-electron chi connectivity index (χ0n) is 19.5. The number of pyridine rings is 1. The first-order chi connectivity index (χ1) is 16.4. The highest BCUT2D eigenvalue weighted by Crippen LogP contribution is 2.36. The molecule has 0 spiro atoms. The Bertz CT molecular complexity index is 1470. The number of likely N-dealkylation sites (N-methyl/N-ethyl adjacent to an activating group) is 1. The number of aromatic nitrogens is 2. The number of nitro benzene ring substituents is 1. The molecule has 8 heteroatoms. The summed E-state index contributed by atoms with van der Waals surface area (Å²) in [5, 5.41) is 21.5. The fraction of sp³-hybridized carbons (Fsp3) is 0.308. The van der Waals surface area contributed by atoms with E-state index in [1.165, 1.54) is 6.07 Å². The van der Waals surface area contributed by atoms with Crippen molar-refractivity contribution in [2.24, 2.45) is 0 Å². The van der Waals surface area contributed by atoms with E-state index in [4.69, 9.17) is 4.98 Å². The third-order valence-electron chi connectivity index (χ3n) is 6.90. The van der Waals surface area contributed by atoms with Gasteiger partial charge >= 0.3 is 0 Å². The van der Waals surface area contributed by atoms with Gasteiger partial charge in [-0.25, -0.2) is 4.98 Å². The molecule has 0 unspecified atom stereocenters. The summed E-state index contributed by atoms with van der Waals surface area (Å²) in [7, 11) is 4.20. The molecular formula is C26H26N6O2. The van der Waals surface area contributed by atoms with Crippen LogP contribution in [0.4, 0.5) is 11.5 Å². The van der Waals surface area contributed by atoms with Crippen LogP contribution in [-0.2, 0) is 6.42 Å². The molecule has 1 aliphatic rings. The van der Waals surface area contributed by atoms with E-state index in [9.17, 15) is 15.4 Å². The minimum Gasteiger partial charge on any atom is -0.356 e. The summed E-state index contributed by atoms with van der Waals surface area (Å²) < 4.78 is 2.12. The van der Waals surface area contributed by atoms with Gasteiger partial charge in [-0.2, -0.15) is 5.26 Å². The molecule has 3 heterocycles. The van der Waals surface area contributed by atoms with E-state index in [0.29, 0.717) is 23.7 Å². The fourth-order valence-electron chi connectivity index (χ4n) is 5.05. The van der Waals surface area contributed by atoms with Crippen molar-refractivity contribution in [2.75, 3.05) is 32.1 Å². The maximum absolute atomic E-state index is 11.4. The Kier molecular flexibility index (Phi) is 5.42. The molecule has 0 amide bonds. The minimum absolute atomic E-state index is 0.0696. The largest absolute Gasteiger partial charge is 0.356 e. The number of para-hydroxylation sites is 2. The van der Waals surface area contributed by atoms with Crippen LogP contribution >= 0.6 is 0 Å². The molecule has 34 heavy (non-hydrogen) atoms. The van der Waals surface area contributed by atoms with Gasteiger partial charge in [-0.15, -0.1) is 0 Å². The van der Waals surface area contributed by atoms with E-state index in [0.717, 1.165) is 53.1 Å². The van der Waals surface area contributed by atoms with Crippen LogP contribution in [0.5, 0.6) is 0 Å². The Hall–Kier alpha value is -3.96. The van der Waals surface area contributed by atoms with Crippen molar-refractivity contribution in [1.82, 2.24) is 14.3 Å². The van der Waals surface area contributed by atoms with Crippen LogP contribution in [0, 0.1) is 28.4 Å². The van der Waals surface area contributed by atoms with Crippen LogP contribution < -0.4 is 4.90 Å². The lowest BCUT2D eigenvalue weighted by Gasteiger charge is -2.27. The van der Waals surface area contributed by atoms with Crippen molar-refractivity contribution in [3.05, 3.63) is 80.9 Å². The number of hydrogen-bond acceptors (Lipinski definition) is 6. The van der Waals surface area contributed by atoms with E-state index in [1.54, 1.807) is 12.1 Å². The maximum atomic E-state index is 11.4. The molecule has 2 aromatic carbocycles. The Balaban J connectivity index is 1.79. The summed E-state index contributed by atoms with van der Waals surface area (Å²) in [6.45, 7) is 3.72. The molecule has 4 aromatic rings. The van der Waals surface area contributed by atoms with Crippen molar-refractivity contribution >= 4 is 28.2 Å². The predicted molar refractivity (Wildman–Crippen MR) is 132 cm³/mol. The number of imidazole rings is 1. The van der Waals surface area contributed by atoms with Gasteiger partial charge in [0.1, 0.15) is 11.9 Å². The van der Waals surface area contributed by atoms with Gasteiger partial charge < -0.3 is 9.80 Å². The molecule has 0 saturated carbocycles. The molecule has 0 bridgehead atoms. The number of nitrogens with zero attached hydrogens (tertiary/aromatic N) is 6. The SMILES string of the molecule is Cc1c(Cc2cccc([N+](=O)[O-])c2)c(N2CC[C@H](N(C)C)C2)n2c(nc3ccccc32)c1C#N. The molecule has 8 nitrogen and oxygen atoms in total. The summed E-state index contributed by atoms with van der Waals surface area (Å²) in [6.07, 6.45) is 1.53. The highest BCUT2D eigenvalue weighted by Gasteiger charge is 2.30. The standard InChI is InChI=1S/C26H26N6O2/c1-17-21(14-18-7-6-8-19(13-18)32(33)34)26(30-12-11-20(16-30)29(2)3)31-24-10-5-4-9-23(24)28-25(31)22(17)15-27/h4-10,13,20H,11-12,14,16H2,1-3H3/t20-/m0/s1. The molecule has 1 atom stereocenters. The number of benzene rings is 2. The smallest absolute Gasteiger partial charge is 0.269 e. The van der Waals surface area contributed by atoms with Gasteiger partial charge in [-0.05, 0) is 50.7 Å². The highest BCUT2D eigenvalue weighted by molar-refractivity contribution is 5.86. The van der Waals surface area contributed by atoms with E-state index in [2.05, 4.69) is 34.4 Å². The summed E-state index contributed by atoms with van der Waals surface area (Å²) in [5.74, 6) is 1.02. The van der Waals surface area contributed by atoms with E-state index < -0.39 is 0 Å². The molecule has 172 valence electrons. The lowest BCUT2D eigenvalue weighted by Crippen LogP contribution is -2.32. The molecular weight excluding hydrogens is 428 g/mol. The van der Waals surface area contributed by atoms with Gasteiger partial charge in [0.25, 0.3) is 5.69 Å². The normalized spacial score (nSPS) is 16.0. The molecule has 0 aliphatic carbocycles. The molecule has 5 rings (SSSR count). The maximum Gasteiger partial charge on any atom is 0.269 e. The number of hydrogen-bond donors (Lipinski definition) is 0. The molecule has 1 aliphatic heterocycles. The van der Waals surface area contributed by atoms with E-state index >= 15 is 0 Å². The van der Waals surface area contributed by atoms with Gasteiger partial charge in [0.15, 0.2) is 5.65 Å². The van der Waals surface area contributed by atoms with Crippen molar-refractivity contribution in [3.63, 3.8) is 0 Å². The van der Waals surface area contributed by atoms with Crippen molar-refractivity contribution < 1.29 is 4.92 Å². The third kappa shape index (κ3) is 3.55. The van der Waals surface area contributed by atoms with E-state index in [-0.39, 0.29) is 10.6 Å². The van der Waals surface area contributed by atoms with Crippen LogP contribution in [0.2, 0.25) is 0 Å². The summed E-state index contributed by atoms with van der Waals surface area (Å²) in [6, 6.07) is 17.5. The van der Waals surface area contributed by atoms with Crippen LogP contribution in [0.3, 0.4) is 0 Å². The predicted octanol–water partition coefficient (Wildman–Crippen LogP) is 4.31. The van der Waals surface area contributed by atoms with Crippen molar-refractivity contribution in [3.8, 4) is 6.07 Å². The number of nitriles is 1. The third-order valence-corrected chi connectivity index (χ3v) is 6.90. The number of anilines is 1. The molecule has 1 fully saturated rings. The first-order valence-electron chi connectivity index (χ1n) is 11.4. The second kappa shape index (κ2) is 8.43. The zero-order valence-corrected chi connectivity index (χ0v) is 19.5. The molecule has 0 N–H and O–H groups in total. The number of rotatable bonds is 5. The summed E-state index contributed by atoms with van der Waals surface area (Å²) in [4.78, 5) is 20.5. The Morgan fingerprint density at radius 2 is 2.03 bits per heavy atom. The summed E-state index contributed by atoms with van der Waals surface area (Å²) in [5.41, 5.74) is 5.80. The van der Waals surface area contributed by atoms with Crippen LogP contribution in [0.15, 0.2) is 48.5 Å². The quantitative estimate of drug-likeness (QED) is 0.330. The molecule has 1 saturated heterocycles. The summed E-state index contributed by atoms with van der Waals surface area (Å²) >= 11 is 0. The molecule has 2 aromatic heterocycles. The average Bonchev–Trinajstić information content (AvgIpc) is 3.45. The second-order valence-electron chi connectivity index (χ2n) is 9.13. The van der Waals surface area contributed by atoms with Gasteiger partial charge in [0, 0.05) is 43.2 Å². The lowest BCUT2D eigenvalue weighted by molar-refractivity contribution is -0.384. The highest BCUT2D eigenvalue weighted by atomic mass is 16.6. The van der Waals surface area contributed by atoms with Crippen LogP contribution in [-0.4, -0.2) is 52.4 Å². The first-order valence-corrected chi connectivity index (χ1v) is 11.4. The zero-order chi connectivity index (χ0) is 24.0. The van der Waals surface area contributed by atoms with Gasteiger partial charge in [-0.3, -0.25) is 14.5 Å². The Morgan fingerprint density at radius 1 is 1.24 bits per heavy atom. The fourth-order valence-corrected chi connectivity index (χ4v) is 5.05. The topological polar surface area (TPSA) is 90.7 Å². The number of non-ortho nitro benzene ring substituents is 1. The van der Waals surface area contributed by atoms with Crippen LogP contribution in [0.25, 0.3) is 16.7 Å². The van der Waals surface area contributed by atoms with Crippen molar-refractivity contribution in [2.45, 2.75) is 25.8 Å². The Labute approximate surface area is 197 Å². The number of nitro groups is 1. The second-order valence-corrected chi connectivity index (χ2v) is 9.13. The number of fused-ring (bicyclic) bond motifs is 3. The molecule has 0 radical (unpaired) electrons. The average molecular weight is 455 g/mol. The van der Waals surface area contributed by atoms with Gasteiger partial charge in [0.2, 0.25) is 0 Å². The van der Waals surface area contributed by atoms with Crippen molar-refractivity contribution in [1.29, 1.82) is 5.26 Å². The van der Waals surface area contributed by atoms with Gasteiger partial charge in [0.05, 0.1) is 21.5 Å².